The van der Waals surface area contributed by atoms with Crippen molar-refractivity contribution in [1.29, 1.82) is 0 Å². The number of nitrogens with one attached hydrogen (secondary N) is 1. The maximum absolute atomic E-state index is 4.81. The van der Waals surface area contributed by atoms with Gasteiger partial charge in [-0.2, -0.15) is 0 Å². The third kappa shape index (κ3) is 5.46. The maximum atomic E-state index is 4.81. The van der Waals surface area contributed by atoms with E-state index in [0.717, 1.165) is 26.1 Å². The molecule has 0 amide bonds. The molecule has 0 spiro atoms. The van der Waals surface area contributed by atoms with Gasteiger partial charge in [-0.15, -0.1) is 11.3 Å². The second-order valence-corrected chi connectivity index (χ2v) is 6.66. The van der Waals surface area contributed by atoms with E-state index in [2.05, 4.69) is 45.1 Å². The van der Waals surface area contributed by atoms with Crippen molar-refractivity contribution in [2.75, 3.05) is 20.6 Å². The lowest BCUT2D eigenvalue weighted by atomic mass is 10.1. The zero-order chi connectivity index (χ0) is 13.5. The van der Waals surface area contributed by atoms with Crippen molar-refractivity contribution in [3.05, 3.63) is 15.6 Å². The van der Waals surface area contributed by atoms with Crippen LogP contribution in [-0.4, -0.2) is 30.5 Å². The zero-order valence-corrected chi connectivity index (χ0v) is 13.2. The van der Waals surface area contributed by atoms with E-state index in [-0.39, 0.29) is 0 Å². The van der Waals surface area contributed by atoms with E-state index < -0.39 is 0 Å². The lowest BCUT2D eigenvalue weighted by Crippen LogP contribution is -2.14. The number of hydrogen-bond donors (Lipinski definition) is 1. The summed E-state index contributed by atoms with van der Waals surface area (Å²) in [6.07, 6.45) is 2.27. The summed E-state index contributed by atoms with van der Waals surface area (Å²) in [7, 11) is 4.19. The fraction of sp³-hybridized carbons (Fsp3) is 0.786. The predicted octanol–water partition coefficient (Wildman–Crippen LogP) is 2.90. The standard InChI is InChI=1S/C14H27N3S/c1-6-7-15-9-13-12(8-11(2)3)16-14(18-13)10-17(4)5/h11,15H,6-10H2,1-5H3. The highest BCUT2D eigenvalue weighted by atomic mass is 32.1. The van der Waals surface area contributed by atoms with Gasteiger partial charge in [-0.3, -0.25) is 0 Å². The topological polar surface area (TPSA) is 28.2 Å². The Morgan fingerprint density at radius 1 is 1.33 bits per heavy atom. The summed E-state index contributed by atoms with van der Waals surface area (Å²) in [6, 6.07) is 0. The molecule has 0 bridgehead atoms. The van der Waals surface area contributed by atoms with Crippen LogP contribution in [0.2, 0.25) is 0 Å². The Morgan fingerprint density at radius 2 is 2.06 bits per heavy atom. The van der Waals surface area contributed by atoms with Crippen LogP contribution in [0.25, 0.3) is 0 Å². The van der Waals surface area contributed by atoms with E-state index in [1.807, 2.05) is 11.3 Å². The van der Waals surface area contributed by atoms with E-state index >= 15 is 0 Å². The molecule has 0 aliphatic rings. The highest BCUT2D eigenvalue weighted by molar-refractivity contribution is 7.11. The van der Waals surface area contributed by atoms with Crippen LogP contribution in [0.15, 0.2) is 0 Å². The quantitative estimate of drug-likeness (QED) is 0.736. The van der Waals surface area contributed by atoms with Gasteiger partial charge in [-0.25, -0.2) is 4.98 Å². The van der Waals surface area contributed by atoms with Crippen LogP contribution >= 0.6 is 11.3 Å². The first-order valence-electron chi connectivity index (χ1n) is 6.85. The molecule has 0 unspecified atom stereocenters. The summed E-state index contributed by atoms with van der Waals surface area (Å²) in [5, 5.41) is 4.73. The minimum absolute atomic E-state index is 0.671. The second kappa shape index (κ2) is 7.87. The Balaban J connectivity index is 2.72. The second-order valence-electron chi connectivity index (χ2n) is 5.49. The minimum atomic E-state index is 0.671. The highest BCUT2D eigenvalue weighted by Gasteiger charge is 2.12. The Bertz CT molecular complexity index is 345. The minimum Gasteiger partial charge on any atom is -0.312 e. The van der Waals surface area contributed by atoms with Gasteiger partial charge in [-0.05, 0) is 39.4 Å². The van der Waals surface area contributed by atoms with Gasteiger partial charge < -0.3 is 10.2 Å². The van der Waals surface area contributed by atoms with Crippen molar-refractivity contribution in [2.45, 2.75) is 46.7 Å². The molecule has 1 rings (SSSR count). The molecule has 104 valence electrons. The fourth-order valence-corrected chi connectivity index (χ4v) is 3.02. The van der Waals surface area contributed by atoms with Crippen LogP contribution < -0.4 is 5.32 Å². The van der Waals surface area contributed by atoms with Crippen LogP contribution in [0.3, 0.4) is 0 Å². The van der Waals surface area contributed by atoms with Crippen LogP contribution in [0, 0.1) is 5.92 Å². The first kappa shape index (κ1) is 15.6. The molecule has 0 saturated carbocycles. The van der Waals surface area contributed by atoms with Crippen molar-refractivity contribution < 1.29 is 0 Å². The summed E-state index contributed by atoms with van der Waals surface area (Å²) < 4.78 is 0. The molecule has 1 N–H and O–H groups in total. The first-order valence-corrected chi connectivity index (χ1v) is 7.67. The van der Waals surface area contributed by atoms with Crippen LogP contribution in [0.4, 0.5) is 0 Å². The summed E-state index contributed by atoms with van der Waals surface area (Å²) >= 11 is 1.86. The molecular formula is C14H27N3S. The van der Waals surface area contributed by atoms with Crippen molar-refractivity contribution >= 4 is 11.3 Å². The smallest absolute Gasteiger partial charge is 0.107 e. The summed E-state index contributed by atoms with van der Waals surface area (Å²) in [5.41, 5.74) is 1.30. The molecule has 4 heteroatoms. The molecule has 3 nitrogen and oxygen atoms in total. The van der Waals surface area contributed by atoms with E-state index in [4.69, 9.17) is 4.98 Å². The van der Waals surface area contributed by atoms with Gasteiger partial charge in [0.2, 0.25) is 0 Å². The Labute approximate surface area is 116 Å². The number of hydrogen-bond acceptors (Lipinski definition) is 4. The molecule has 0 aromatic carbocycles. The van der Waals surface area contributed by atoms with Crippen molar-refractivity contribution in [2.24, 2.45) is 5.92 Å². The summed E-state index contributed by atoms with van der Waals surface area (Å²) in [5.74, 6) is 0.671. The van der Waals surface area contributed by atoms with Gasteiger partial charge in [0.05, 0.1) is 5.69 Å². The molecule has 0 saturated heterocycles. The molecular weight excluding hydrogens is 242 g/mol. The largest absolute Gasteiger partial charge is 0.312 e. The molecule has 0 aliphatic carbocycles. The Kier molecular flexibility index (Phi) is 6.82. The predicted molar refractivity (Wildman–Crippen MR) is 80.0 cm³/mol. The molecule has 1 aromatic heterocycles. The highest BCUT2D eigenvalue weighted by Crippen LogP contribution is 2.22. The third-order valence-corrected chi connectivity index (χ3v) is 3.67. The van der Waals surface area contributed by atoms with E-state index in [1.54, 1.807) is 0 Å². The average molecular weight is 269 g/mol. The Morgan fingerprint density at radius 3 is 2.61 bits per heavy atom. The summed E-state index contributed by atoms with van der Waals surface area (Å²) in [6.45, 7) is 9.72. The van der Waals surface area contributed by atoms with E-state index in [1.165, 1.54) is 22.0 Å². The van der Waals surface area contributed by atoms with Crippen LogP contribution in [0.1, 0.15) is 42.8 Å². The molecule has 0 radical (unpaired) electrons. The zero-order valence-electron chi connectivity index (χ0n) is 12.4. The van der Waals surface area contributed by atoms with E-state index in [9.17, 15) is 0 Å². The normalized spacial score (nSPS) is 11.7. The first-order chi connectivity index (χ1) is 8.52. The fourth-order valence-electron chi connectivity index (χ4n) is 1.84. The lowest BCUT2D eigenvalue weighted by Gasteiger charge is -2.05. The SMILES string of the molecule is CCCNCc1sc(CN(C)C)nc1CC(C)C. The van der Waals surface area contributed by atoms with Gasteiger partial charge in [0.25, 0.3) is 0 Å². The monoisotopic (exact) mass is 269 g/mol. The molecule has 18 heavy (non-hydrogen) atoms. The van der Waals surface area contributed by atoms with Crippen molar-refractivity contribution in [3.63, 3.8) is 0 Å². The van der Waals surface area contributed by atoms with Gasteiger partial charge in [0.15, 0.2) is 0 Å². The molecule has 1 aromatic rings. The number of rotatable bonds is 8. The third-order valence-electron chi connectivity index (χ3n) is 2.59. The van der Waals surface area contributed by atoms with Gasteiger partial charge in [0.1, 0.15) is 5.01 Å². The lowest BCUT2D eigenvalue weighted by molar-refractivity contribution is 0.401. The van der Waals surface area contributed by atoms with Crippen LogP contribution in [-0.2, 0) is 19.5 Å². The number of nitrogens with zero attached hydrogens (tertiary/aromatic N) is 2. The number of aromatic nitrogens is 1. The van der Waals surface area contributed by atoms with Gasteiger partial charge in [0, 0.05) is 18.0 Å². The van der Waals surface area contributed by atoms with Gasteiger partial charge >= 0.3 is 0 Å². The van der Waals surface area contributed by atoms with Crippen molar-refractivity contribution in [1.82, 2.24) is 15.2 Å². The average Bonchev–Trinajstić information content (AvgIpc) is 2.59. The molecule has 0 fully saturated rings. The summed E-state index contributed by atoms with van der Waals surface area (Å²) in [4.78, 5) is 8.41. The Hall–Kier alpha value is -0.450. The molecule has 0 aliphatic heterocycles. The number of thiazole rings is 1. The van der Waals surface area contributed by atoms with E-state index in [0.29, 0.717) is 5.92 Å². The van der Waals surface area contributed by atoms with Crippen molar-refractivity contribution in [3.8, 4) is 0 Å². The molecule has 0 atom stereocenters. The van der Waals surface area contributed by atoms with Crippen LogP contribution in [0.5, 0.6) is 0 Å². The maximum Gasteiger partial charge on any atom is 0.107 e. The van der Waals surface area contributed by atoms with Gasteiger partial charge in [-0.1, -0.05) is 20.8 Å². The molecule has 1 heterocycles.